The van der Waals surface area contributed by atoms with Crippen LogP contribution in [0.5, 0.6) is 0 Å². The highest BCUT2D eigenvalue weighted by Gasteiger charge is 2.35. The molecule has 0 aliphatic carbocycles. The van der Waals surface area contributed by atoms with Crippen LogP contribution >= 0.6 is 0 Å². The molecule has 1 aliphatic rings. The third-order valence-electron chi connectivity index (χ3n) is 0.932. The molecule has 0 amide bonds. The Morgan fingerprint density at radius 3 is 2.38 bits per heavy atom. The van der Waals surface area contributed by atoms with Gasteiger partial charge in [-0.05, 0) is 0 Å². The molecule has 0 bridgehead atoms. The molecule has 46 valence electrons. The van der Waals surface area contributed by atoms with Crippen molar-refractivity contribution in [2.75, 3.05) is 0 Å². The summed E-state index contributed by atoms with van der Waals surface area (Å²) in [7, 11) is 0. The number of carbonyl (C=O) groups is 1. The zero-order chi connectivity index (χ0) is 6.20. The van der Waals surface area contributed by atoms with E-state index in [2.05, 4.69) is 4.74 Å². The molecule has 1 saturated heterocycles. The summed E-state index contributed by atoms with van der Waals surface area (Å²) in [4.78, 5) is 10.1. The van der Waals surface area contributed by atoms with Crippen molar-refractivity contribution in [2.45, 2.75) is 18.8 Å². The first-order valence-electron chi connectivity index (χ1n) is 2.27. The highest BCUT2D eigenvalue weighted by Crippen LogP contribution is 2.19. The molecule has 0 radical (unpaired) electrons. The number of hydrogen-bond donors (Lipinski definition) is 2. The Balaban J connectivity index is 2.56. The minimum Gasteiger partial charge on any atom is -0.408 e. The van der Waals surface area contributed by atoms with Crippen molar-refractivity contribution in [3.63, 3.8) is 0 Å². The Morgan fingerprint density at radius 1 is 1.62 bits per heavy atom. The van der Waals surface area contributed by atoms with E-state index in [4.69, 9.17) is 10.2 Å². The van der Waals surface area contributed by atoms with Gasteiger partial charge in [0.2, 0.25) is 0 Å². The summed E-state index contributed by atoms with van der Waals surface area (Å²) in [5, 5.41) is 17.0. The van der Waals surface area contributed by atoms with E-state index in [0.29, 0.717) is 0 Å². The van der Waals surface area contributed by atoms with Gasteiger partial charge in [0.15, 0.2) is 0 Å². The molecule has 0 aromatic rings. The lowest BCUT2D eigenvalue weighted by atomic mass is 10.3. The third-order valence-corrected chi connectivity index (χ3v) is 0.932. The Labute approximate surface area is 45.7 Å². The maximum Gasteiger partial charge on any atom is 0.324 e. The second kappa shape index (κ2) is 1.43. The van der Waals surface area contributed by atoms with Crippen LogP contribution in [0.1, 0.15) is 12.8 Å². The first-order valence-corrected chi connectivity index (χ1v) is 2.27. The molecule has 1 fully saturated rings. The maximum atomic E-state index is 10.1. The molecule has 1 heterocycles. The van der Waals surface area contributed by atoms with Crippen molar-refractivity contribution < 1.29 is 19.7 Å². The molecule has 0 unspecified atom stereocenters. The summed E-state index contributed by atoms with van der Waals surface area (Å²) in [6.07, 6.45) is 0.0683. The number of esters is 1. The van der Waals surface area contributed by atoms with Crippen LogP contribution in [0.4, 0.5) is 0 Å². The van der Waals surface area contributed by atoms with Crippen molar-refractivity contribution in [2.24, 2.45) is 0 Å². The van der Waals surface area contributed by atoms with Gasteiger partial charge in [-0.1, -0.05) is 0 Å². The summed E-state index contributed by atoms with van der Waals surface area (Å²) in [5.41, 5.74) is 0. The highest BCUT2D eigenvalue weighted by molar-refractivity contribution is 5.71. The fourth-order valence-corrected chi connectivity index (χ4v) is 0.549. The SMILES string of the molecule is O=C1CCC(O)(O)O1. The van der Waals surface area contributed by atoms with E-state index < -0.39 is 11.9 Å². The molecule has 0 spiro atoms. The van der Waals surface area contributed by atoms with Crippen LogP contribution in [-0.2, 0) is 9.53 Å². The number of hydrogen-bond acceptors (Lipinski definition) is 4. The van der Waals surface area contributed by atoms with E-state index in [0.717, 1.165) is 0 Å². The topological polar surface area (TPSA) is 66.8 Å². The number of aliphatic hydroxyl groups is 2. The number of rotatable bonds is 0. The van der Waals surface area contributed by atoms with Crippen molar-refractivity contribution >= 4 is 5.97 Å². The lowest BCUT2D eigenvalue weighted by Gasteiger charge is -2.10. The number of cyclic esters (lactones) is 1. The summed E-state index contributed by atoms with van der Waals surface area (Å²) >= 11 is 0. The Morgan fingerprint density at radius 2 is 2.25 bits per heavy atom. The Bertz CT molecular complexity index is 117. The summed E-state index contributed by atoms with van der Waals surface area (Å²) in [6.45, 7) is 0. The Hall–Kier alpha value is -0.610. The quantitative estimate of drug-likeness (QED) is 0.315. The zero-order valence-electron chi connectivity index (χ0n) is 4.13. The van der Waals surface area contributed by atoms with Crippen molar-refractivity contribution in [1.82, 2.24) is 0 Å². The van der Waals surface area contributed by atoms with Crippen LogP contribution in [0.2, 0.25) is 0 Å². The van der Waals surface area contributed by atoms with E-state index in [1.165, 1.54) is 0 Å². The molecular weight excluding hydrogens is 112 g/mol. The average Bonchev–Trinajstić information content (AvgIpc) is 1.82. The summed E-state index contributed by atoms with van der Waals surface area (Å²) in [6, 6.07) is 0. The van der Waals surface area contributed by atoms with Gasteiger partial charge < -0.3 is 14.9 Å². The van der Waals surface area contributed by atoms with Crippen molar-refractivity contribution in [3.05, 3.63) is 0 Å². The van der Waals surface area contributed by atoms with Crippen LogP contribution < -0.4 is 0 Å². The predicted molar refractivity (Wildman–Crippen MR) is 22.5 cm³/mol. The van der Waals surface area contributed by atoms with E-state index >= 15 is 0 Å². The van der Waals surface area contributed by atoms with Crippen LogP contribution in [0, 0.1) is 0 Å². The minimum absolute atomic E-state index is 0.0220. The van der Waals surface area contributed by atoms with Gasteiger partial charge in [-0.15, -0.1) is 0 Å². The predicted octanol–water partition coefficient (Wildman–Crippen LogP) is -1.04. The lowest BCUT2D eigenvalue weighted by molar-refractivity contribution is -0.301. The van der Waals surface area contributed by atoms with E-state index in [-0.39, 0.29) is 12.8 Å². The van der Waals surface area contributed by atoms with Crippen LogP contribution in [0.15, 0.2) is 0 Å². The monoisotopic (exact) mass is 118 g/mol. The van der Waals surface area contributed by atoms with Gasteiger partial charge >= 0.3 is 11.9 Å². The fraction of sp³-hybridized carbons (Fsp3) is 0.750. The molecule has 8 heavy (non-hydrogen) atoms. The summed E-state index contributed by atoms with van der Waals surface area (Å²) in [5.74, 6) is -2.74. The second-order valence-corrected chi connectivity index (χ2v) is 1.72. The molecule has 1 rings (SSSR count). The van der Waals surface area contributed by atoms with E-state index in [1.807, 2.05) is 0 Å². The first kappa shape index (κ1) is 5.53. The standard InChI is InChI=1S/C4H6O4/c5-3-1-2-4(6,7)8-3/h6-7H,1-2H2. The van der Waals surface area contributed by atoms with Crippen molar-refractivity contribution in [3.8, 4) is 0 Å². The van der Waals surface area contributed by atoms with Gasteiger partial charge in [-0.2, -0.15) is 0 Å². The van der Waals surface area contributed by atoms with E-state index in [1.54, 1.807) is 0 Å². The molecule has 1 aliphatic heterocycles. The van der Waals surface area contributed by atoms with Gasteiger partial charge in [-0.25, -0.2) is 0 Å². The number of carbonyl (C=O) groups excluding carboxylic acids is 1. The normalized spacial score (nSPS) is 25.5. The van der Waals surface area contributed by atoms with E-state index in [9.17, 15) is 4.79 Å². The van der Waals surface area contributed by atoms with Crippen molar-refractivity contribution in [1.29, 1.82) is 0 Å². The van der Waals surface area contributed by atoms with Gasteiger partial charge in [-0.3, -0.25) is 4.79 Å². The van der Waals surface area contributed by atoms with Gasteiger partial charge in [0.25, 0.3) is 0 Å². The molecule has 2 N–H and O–H groups in total. The largest absolute Gasteiger partial charge is 0.408 e. The van der Waals surface area contributed by atoms with Gasteiger partial charge in [0.1, 0.15) is 0 Å². The van der Waals surface area contributed by atoms with Crippen LogP contribution in [0.25, 0.3) is 0 Å². The molecule has 0 saturated carbocycles. The number of ether oxygens (including phenoxy) is 1. The lowest BCUT2D eigenvalue weighted by Crippen LogP contribution is -2.26. The zero-order valence-corrected chi connectivity index (χ0v) is 4.13. The molecule has 4 nitrogen and oxygen atoms in total. The summed E-state index contributed by atoms with van der Waals surface area (Å²) < 4.78 is 4.02. The molecule has 4 heteroatoms. The van der Waals surface area contributed by atoms with Crippen LogP contribution in [-0.4, -0.2) is 22.2 Å². The Kier molecular flexibility index (Phi) is 0.988. The fourth-order valence-electron chi connectivity index (χ4n) is 0.549. The minimum atomic E-state index is -2.18. The first-order chi connectivity index (χ1) is 3.60. The highest BCUT2D eigenvalue weighted by atomic mass is 16.8. The third kappa shape index (κ3) is 0.962. The maximum absolute atomic E-state index is 10.1. The van der Waals surface area contributed by atoms with Gasteiger partial charge in [0.05, 0.1) is 12.8 Å². The average molecular weight is 118 g/mol. The molecule has 0 aromatic heterocycles. The van der Waals surface area contributed by atoms with Gasteiger partial charge in [0, 0.05) is 0 Å². The second-order valence-electron chi connectivity index (χ2n) is 1.72. The smallest absolute Gasteiger partial charge is 0.324 e. The molecule has 0 atom stereocenters. The molecule has 0 aromatic carbocycles. The molecular formula is C4H6O4. The van der Waals surface area contributed by atoms with Crippen LogP contribution in [0.3, 0.4) is 0 Å².